The predicted molar refractivity (Wildman–Crippen MR) is 153 cm³/mol. The van der Waals surface area contributed by atoms with Gasteiger partial charge in [-0.3, -0.25) is 0 Å². The molecule has 0 saturated carbocycles. The molecule has 1 heterocycles. The normalized spacial score (nSPS) is 11.5. The summed E-state index contributed by atoms with van der Waals surface area (Å²) in [6.07, 6.45) is 20.7. The topological polar surface area (TPSA) is 50.9 Å². The van der Waals surface area contributed by atoms with Crippen molar-refractivity contribution in [3.8, 4) is 11.4 Å². The third-order valence-electron chi connectivity index (χ3n) is 7.33. The number of aromatic hydroxyl groups is 1. The molecule has 0 aliphatic rings. The van der Waals surface area contributed by atoms with Crippen LogP contribution >= 0.6 is 0 Å². The molecule has 3 aromatic rings. The van der Waals surface area contributed by atoms with Crippen molar-refractivity contribution in [1.82, 2.24) is 15.0 Å². The molecule has 1 N–H and O–H groups in total. The van der Waals surface area contributed by atoms with Gasteiger partial charge in [0.15, 0.2) is 0 Å². The molecule has 36 heavy (non-hydrogen) atoms. The van der Waals surface area contributed by atoms with Crippen LogP contribution in [0, 0.1) is 0 Å². The summed E-state index contributed by atoms with van der Waals surface area (Å²) >= 11 is 0. The van der Waals surface area contributed by atoms with E-state index in [-0.39, 0.29) is 0 Å². The number of phenolic OH excluding ortho intramolecular Hbond substituents is 1. The maximum absolute atomic E-state index is 11.3. The molecule has 0 fully saturated rings. The highest BCUT2D eigenvalue weighted by Crippen LogP contribution is 2.30. The summed E-state index contributed by atoms with van der Waals surface area (Å²) in [5.41, 5.74) is 6.17. The van der Waals surface area contributed by atoms with E-state index in [9.17, 15) is 5.11 Å². The zero-order valence-electron chi connectivity index (χ0n) is 23.2. The summed E-state index contributed by atoms with van der Waals surface area (Å²) in [7, 11) is 0. The van der Waals surface area contributed by atoms with Gasteiger partial charge in [-0.05, 0) is 73.4 Å². The fourth-order valence-electron chi connectivity index (χ4n) is 5.04. The largest absolute Gasteiger partial charge is 0.505 e. The van der Waals surface area contributed by atoms with Gasteiger partial charge in [0.1, 0.15) is 22.5 Å². The van der Waals surface area contributed by atoms with Crippen LogP contribution in [0.15, 0.2) is 30.3 Å². The van der Waals surface area contributed by atoms with E-state index in [0.717, 1.165) is 48.0 Å². The van der Waals surface area contributed by atoms with Gasteiger partial charge in [0.05, 0.1) is 0 Å². The lowest BCUT2D eigenvalue weighted by Crippen LogP contribution is -2.03. The molecule has 0 aliphatic heterocycles. The number of nitrogens with zero attached hydrogens (tertiary/aromatic N) is 3. The Morgan fingerprint density at radius 1 is 0.583 bits per heavy atom. The minimum absolute atomic E-state index is 0.349. The highest BCUT2D eigenvalue weighted by Gasteiger charge is 2.15. The first-order valence-electron chi connectivity index (χ1n) is 14.9. The Balaban J connectivity index is 1.78. The molecule has 2 aromatic carbocycles. The molecular weight excluding hydrogens is 442 g/mol. The monoisotopic (exact) mass is 491 g/mol. The van der Waals surface area contributed by atoms with E-state index < -0.39 is 0 Å². The van der Waals surface area contributed by atoms with Crippen LogP contribution < -0.4 is 0 Å². The number of benzene rings is 2. The number of hydrogen-bond donors (Lipinski definition) is 1. The predicted octanol–water partition coefficient (Wildman–Crippen LogP) is 9.27. The van der Waals surface area contributed by atoms with Crippen LogP contribution in [0.25, 0.3) is 16.7 Å². The summed E-state index contributed by atoms with van der Waals surface area (Å²) < 4.78 is 0. The number of fused-ring (bicyclic) bond motifs is 1. The molecule has 1 aromatic heterocycles. The number of aryl methyl sites for hydroxylation is 3. The molecule has 0 atom stereocenters. The quantitative estimate of drug-likeness (QED) is 0.180. The lowest BCUT2D eigenvalue weighted by molar-refractivity contribution is 0.458. The fraction of sp³-hybridized carbons (Fsp3) is 0.625. The van der Waals surface area contributed by atoms with Gasteiger partial charge < -0.3 is 5.11 Å². The Labute approximate surface area is 219 Å². The number of hydrogen-bond acceptors (Lipinski definition) is 3. The average molecular weight is 492 g/mol. The van der Waals surface area contributed by atoms with Crippen LogP contribution in [0.4, 0.5) is 0 Å². The number of phenols is 1. The van der Waals surface area contributed by atoms with Crippen LogP contribution in [0.2, 0.25) is 0 Å². The summed E-state index contributed by atoms with van der Waals surface area (Å²) in [5, 5.41) is 20.8. The maximum atomic E-state index is 11.3. The van der Waals surface area contributed by atoms with Gasteiger partial charge in [-0.1, -0.05) is 104 Å². The molecule has 0 spiro atoms. The molecule has 0 amide bonds. The van der Waals surface area contributed by atoms with Gasteiger partial charge in [-0.15, -0.1) is 15.0 Å². The van der Waals surface area contributed by atoms with Gasteiger partial charge in [0.25, 0.3) is 0 Å². The molecule has 0 radical (unpaired) electrons. The van der Waals surface area contributed by atoms with E-state index in [1.54, 1.807) is 4.80 Å². The number of rotatable bonds is 18. The van der Waals surface area contributed by atoms with Gasteiger partial charge in [0, 0.05) is 0 Å². The second-order valence-corrected chi connectivity index (χ2v) is 10.6. The van der Waals surface area contributed by atoms with E-state index in [2.05, 4.69) is 51.1 Å². The van der Waals surface area contributed by atoms with Crippen molar-refractivity contribution in [1.29, 1.82) is 0 Å². The Hall–Kier alpha value is -2.36. The Bertz CT molecular complexity index is 1040. The minimum atomic E-state index is 0.349. The summed E-state index contributed by atoms with van der Waals surface area (Å²) in [5.74, 6) is 0.349. The molecule has 198 valence electrons. The van der Waals surface area contributed by atoms with Crippen molar-refractivity contribution < 1.29 is 5.11 Å². The summed E-state index contributed by atoms with van der Waals surface area (Å²) in [6.45, 7) is 6.74. The molecule has 4 heteroatoms. The van der Waals surface area contributed by atoms with E-state index >= 15 is 0 Å². The van der Waals surface area contributed by atoms with E-state index in [4.69, 9.17) is 10.2 Å². The molecule has 0 bridgehead atoms. The van der Waals surface area contributed by atoms with E-state index in [1.165, 1.54) is 94.6 Å². The summed E-state index contributed by atoms with van der Waals surface area (Å²) in [4.78, 5) is 1.67. The van der Waals surface area contributed by atoms with Crippen LogP contribution in [0.1, 0.15) is 127 Å². The molecule has 0 saturated heterocycles. The van der Waals surface area contributed by atoms with Crippen LogP contribution in [-0.2, 0) is 19.3 Å². The fourth-order valence-corrected chi connectivity index (χ4v) is 5.04. The average Bonchev–Trinajstić information content (AvgIpc) is 3.31. The first-order chi connectivity index (χ1) is 17.7. The molecule has 0 aliphatic carbocycles. The second-order valence-electron chi connectivity index (χ2n) is 10.6. The van der Waals surface area contributed by atoms with Gasteiger partial charge >= 0.3 is 0 Å². The SMILES string of the molecule is CCCCCCCCc1cc(CCCCCCCC)c(O)c(-n2nc3ccc(CCCC)cc3n2)c1. The minimum Gasteiger partial charge on any atom is -0.505 e. The zero-order chi connectivity index (χ0) is 25.6. The van der Waals surface area contributed by atoms with Crippen molar-refractivity contribution in [2.24, 2.45) is 0 Å². The van der Waals surface area contributed by atoms with Gasteiger partial charge in [-0.2, -0.15) is 0 Å². The molecule has 0 unspecified atom stereocenters. The number of aromatic nitrogens is 3. The summed E-state index contributed by atoms with van der Waals surface area (Å²) in [6, 6.07) is 10.7. The first kappa shape index (κ1) is 28.2. The molecular formula is C32H49N3O. The molecule has 3 rings (SSSR count). The smallest absolute Gasteiger partial charge is 0.146 e. The van der Waals surface area contributed by atoms with Crippen molar-refractivity contribution >= 4 is 11.0 Å². The number of unbranched alkanes of at least 4 members (excludes halogenated alkanes) is 11. The van der Waals surface area contributed by atoms with Crippen LogP contribution in [0.3, 0.4) is 0 Å². The lowest BCUT2D eigenvalue weighted by atomic mass is 9.98. The van der Waals surface area contributed by atoms with Crippen molar-refractivity contribution in [2.75, 3.05) is 0 Å². The Kier molecular flexibility index (Phi) is 12.3. The van der Waals surface area contributed by atoms with E-state index in [1.807, 2.05) is 0 Å². The standard InChI is InChI=1S/C32H49N3O/c1-4-7-10-12-14-16-19-27-23-28(20-17-15-13-11-8-5-2)32(36)31(25-27)35-33-29-22-21-26(18-9-6-3)24-30(29)34-35/h21-25,36H,4-20H2,1-3H3. The molecule has 4 nitrogen and oxygen atoms in total. The highest BCUT2D eigenvalue weighted by atomic mass is 16.3. The van der Waals surface area contributed by atoms with Gasteiger partial charge in [0.2, 0.25) is 0 Å². The van der Waals surface area contributed by atoms with Crippen LogP contribution in [-0.4, -0.2) is 20.1 Å². The Morgan fingerprint density at radius 3 is 1.86 bits per heavy atom. The zero-order valence-corrected chi connectivity index (χ0v) is 23.2. The van der Waals surface area contributed by atoms with Crippen molar-refractivity contribution in [2.45, 2.75) is 130 Å². The van der Waals surface area contributed by atoms with Gasteiger partial charge in [-0.25, -0.2) is 0 Å². The second kappa shape index (κ2) is 15.7. The highest BCUT2D eigenvalue weighted by molar-refractivity contribution is 5.75. The van der Waals surface area contributed by atoms with E-state index in [0.29, 0.717) is 5.75 Å². The third-order valence-corrected chi connectivity index (χ3v) is 7.33. The maximum Gasteiger partial charge on any atom is 0.146 e. The van der Waals surface area contributed by atoms with Crippen molar-refractivity contribution in [3.63, 3.8) is 0 Å². The third kappa shape index (κ3) is 8.64. The van der Waals surface area contributed by atoms with Crippen molar-refractivity contribution in [3.05, 3.63) is 47.0 Å². The van der Waals surface area contributed by atoms with Crippen LogP contribution in [0.5, 0.6) is 5.75 Å². The Morgan fingerprint density at radius 2 is 1.17 bits per heavy atom. The lowest BCUT2D eigenvalue weighted by Gasteiger charge is -2.13. The first-order valence-corrected chi connectivity index (χ1v) is 14.9.